The van der Waals surface area contributed by atoms with Gasteiger partial charge >= 0.3 is 0 Å². The SMILES string of the molecule is CC(CC[C@@H](O[C@@H]1O[C@H](CO[C@@H]2O[C@H](CO[C@@H]3O[C@H](CO)[C@@H](O)[C@H](O)[C@H]3O)[C@@H](O)[C@H](O)[C@H]2O)[C@@H](O)[C@H](O)[C@H]1O[C@@H]1O[C@H](CO)[C@@H](O)[C@H](O)[C@H]1O)C(C)(C)O)C1CC[C@@]2(C)[C@@H]3CC=C4[C@@H](CC[C@H](O[C@@H]5O[C@H](CO[C@@H]6O[C@H](CO)[C@@H](O)[C@H](O)[C@H]6O)[C@@H](O)[C@H](O)[C@H]5O)C4(C)C)[C@]3(C)[C@H](O)C[C@]12C. The van der Waals surface area contributed by atoms with Gasteiger partial charge in [-0.15, -0.1) is 0 Å². The van der Waals surface area contributed by atoms with Crippen LogP contribution in [0.15, 0.2) is 11.6 Å². The number of aliphatic hydroxyl groups excluding tert-OH is 21. The van der Waals surface area contributed by atoms with Gasteiger partial charge in [-0.25, -0.2) is 0 Å². The van der Waals surface area contributed by atoms with Crippen molar-refractivity contribution in [3.05, 3.63) is 11.6 Å². The van der Waals surface area contributed by atoms with E-state index in [0.717, 1.165) is 18.4 Å². The molecule has 4 aliphatic carbocycles. The van der Waals surface area contributed by atoms with Gasteiger partial charge in [0.2, 0.25) is 0 Å². The maximum absolute atomic E-state index is 12.9. The molecule has 3 saturated carbocycles. The van der Waals surface area contributed by atoms with Gasteiger partial charge in [0.05, 0.1) is 63.6 Å². The number of allylic oxidation sites excluding steroid dienone is 1. The molecule has 40 atom stereocenters. The van der Waals surface area contributed by atoms with Crippen molar-refractivity contribution in [3.63, 3.8) is 0 Å². The van der Waals surface area contributed by atoms with Crippen molar-refractivity contribution in [1.82, 2.24) is 0 Å². The predicted octanol–water partition coefficient (Wildman–Crippen LogP) is -7.58. The molecule has 34 heteroatoms. The minimum atomic E-state index is -2.04. The molecule has 0 aromatic carbocycles. The molecule has 6 heterocycles. The fourth-order valence-electron chi connectivity index (χ4n) is 18.4. The third-order valence-electron chi connectivity index (χ3n) is 25.0. The zero-order valence-corrected chi connectivity index (χ0v) is 57.6. The molecular weight excluding hydrogens is 1340 g/mol. The van der Waals surface area contributed by atoms with Crippen molar-refractivity contribution in [3.8, 4) is 0 Å². The van der Waals surface area contributed by atoms with E-state index >= 15 is 0 Å². The quantitative estimate of drug-likeness (QED) is 0.0423. The molecule has 0 radical (unpaired) electrons. The summed E-state index contributed by atoms with van der Waals surface area (Å²) in [5.74, 6) is -0.169. The molecule has 0 aromatic heterocycles. The summed E-state index contributed by atoms with van der Waals surface area (Å²) in [5, 5.41) is 239. The lowest BCUT2D eigenvalue weighted by Gasteiger charge is -2.67. The van der Waals surface area contributed by atoms with Gasteiger partial charge in [0.25, 0.3) is 0 Å². The van der Waals surface area contributed by atoms with Crippen molar-refractivity contribution in [2.24, 2.45) is 45.3 Å². The van der Waals surface area contributed by atoms with Crippen LogP contribution in [-0.2, 0) is 56.8 Å². The fraction of sp³-hybridized carbons (Fsp3) is 0.970. The molecular formula is C66H112O34. The topological polar surface area (TPSA) is 556 Å². The molecule has 100 heavy (non-hydrogen) atoms. The van der Waals surface area contributed by atoms with Gasteiger partial charge in [-0.1, -0.05) is 53.2 Å². The molecule has 0 spiro atoms. The van der Waals surface area contributed by atoms with E-state index in [-0.39, 0.29) is 35.5 Å². The standard InChI is InChI=1S/C66H112O34/c1-24(25-15-16-64(6)34-12-10-26-27(66(34,8)35(70)17-65(25,64)7)11-14-36(62(26,2)3)98-59-53(86)48(81)42(75)32(96-59)22-90-57-51(84)45(78)39(72)29(19-68)93-57)9-13-37(63(4,5)88)99-61-55(100-60-54(87)46(79)40(73)30(20-69)94-60)49(82)43(76)33(97-61)23-91-58-52(85)47(80)41(74)31(95-58)21-89-56-50(83)44(77)38(71)28(18-67)92-56/h10,24-25,27-61,67-88H,9,11-23H2,1-8H3/t24?,25?,27-,28-,29-,30-,31-,32-,33-,34+,35-,36+,37-,38-,39-,40-,41-,42-,43-,44+,45+,46+,47+,48+,49+,50-,51-,52-,53-,54-,55-,56-,57-,58-,59+,60+,61+,64+,65-,66+/m1/s1. The van der Waals surface area contributed by atoms with Gasteiger partial charge in [0, 0.05) is 10.8 Å². The Hall–Kier alpha value is -1.62. The highest BCUT2D eigenvalue weighted by molar-refractivity contribution is 5.32. The van der Waals surface area contributed by atoms with Crippen LogP contribution in [-0.4, -0.2) is 360 Å². The number of hydrogen-bond donors (Lipinski definition) is 22. The lowest BCUT2D eigenvalue weighted by atomic mass is 9.38. The first-order valence-electron chi connectivity index (χ1n) is 35.1. The summed E-state index contributed by atoms with van der Waals surface area (Å²) >= 11 is 0. The maximum atomic E-state index is 12.9. The smallest absolute Gasteiger partial charge is 0.187 e. The van der Waals surface area contributed by atoms with Crippen LogP contribution < -0.4 is 0 Å². The summed E-state index contributed by atoms with van der Waals surface area (Å²) in [7, 11) is 0. The second-order valence-electron chi connectivity index (χ2n) is 31.6. The summed E-state index contributed by atoms with van der Waals surface area (Å²) in [4.78, 5) is 0. The number of rotatable bonds is 23. The Morgan fingerprint density at radius 3 is 1.30 bits per heavy atom. The van der Waals surface area contributed by atoms with Crippen LogP contribution in [0.4, 0.5) is 0 Å². The van der Waals surface area contributed by atoms with Crippen molar-refractivity contribution in [1.29, 1.82) is 0 Å². The van der Waals surface area contributed by atoms with E-state index in [0.29, 0.717) is 32.1 Å². The molecule has 0 amide bonds. The Labute approximate surface area is 579 Å². The molecule has 0 bridgehead atoms. The fourth-order valence-corrected chi connectivity index (χ4v) is 18.4. The van der Waals surface area contributed by atoms with Crippen LogP contribution in [0.3, 0.4) is 0 Å². The molecule has 6 aliphatic heterocycles. The highest BCUT2D eigenvalue weighted by Gasteiger charge is 2.71. The van der Waals surface area contributed by atoms with Crippen molar-refractivity contribution in [2.75, 3.05) is 39.6 Å². The minimum Gasteiger partial charge on any atom is -0.394 e. The van der Waals surface area contributed by atoms with Gasteiger partial charge in [-0.3, -0.25) is 0 Å². The van der Waals surface area contributed by atoms with Crippen LogP contribution >= 0.6 is 0 Å². The third-order valence-corrected chi connectivity index (χ3v) is 25.0. The zero-order valence-electron chi connectivity index (χ0n) is 57.6. The minimum absolute atomic E-state index is 0.00195. The van der Waals surface area contributed by atoms with Crippen LogP contribution in [0.1, 0.15) is 107 Å². The number of hydrogen-bond acceptors (Lipinski definition) is 34. The Balaban J connectivity index is 0.815. The molecule has 9 fully saturated rings. The average molecular weight is 1450 g/mol. The monoisotopic (exact) mass is 1450 g/mol. The summed E-state index contributed by atoms with van der Waals surface area (Å²) in [6.07, 6.45) is -47.9. The van der Waals surface area contributed by atoms with Crippen LogP contribution in [0.2, 0.25) is 0 Å². The van der Waals surface area contributed by atoms with Crippen LogP contribution in [0.25, 0.3) is 0 Å². The Bertz CT molecular complexity index is 2670. The number of fused-ring (bicyclic) bond motifs is 5. The normalized spacial score (nSPS) is 52.1. The summed E-state index contributed by atoms with van der Waals surface area (Å²) in [6.45, 7) is 11.5. The first kappa shape index (κ1) is 80.9. The molecule has 6 saturated heterocycles. The van der Waals surface area contributed by atoms with E-state index in [1.165, 1.54) is 13.8 Å². The van der Waals surface area contributed by atoms with E-state index < -0.39 is 264 Å². The highest BCUT2D eigenvalue weighted by atomic mass is 16.8. The van der Waals surface area contributed by atoms with E-state index in [9.17, 15) is 112 Å². The first-order chi connectivity index (χ1) is 46.8. The van der Waals surface area contributed by atoms with Crippen molar-refractivity contribution >= 4 is 0 Å². The molecule has 22 N–H and O–H groups in total. The first-order valence-corrected chi connectivity index (χ1v) is 35.1. The lowest BCUT2D eigenvalue weighted by molar-refractivity contribution is -0.380. The van der Waals surface area contributed by atoms with Gasteiger partial charge in [0.15, 0.2) is 37.7 Å². The number of ether oxygens (including phenoxy) is 12. The summed E-state index contributed by atoms with van der Waals surface area (Å²) in [5.41, 5.74) is -2.71. The molecule has 0 aromatic rings. The second-order valence-corrected chi connectivity index (χ2v) is 31.6. The van der Waals surface area contributed by atoms with Crippen molar-refractivity contribution < 1.29 is 169 Å². The largest absolute Gasteiger partial charge is 0.394 e. The molecule has 34 nitrogen and oxygen atoms in total. The average Bonchev–Trinajstić information content (AvgIpc) is 1.32. The van der Waals surface area contributed by atoms with Gasteiger partial charge < -0.3 is 169 Å². The van der Waals surface area contributed by atoms with Gasteiger partial charge in [-0.2, -0.15) is 0 Å². The van der Waals surface area contributed by atoms with Crippen LogP contribution in [0.5, 0.6) is 0 Å². The van der Waals surface area contributed by atoms with Gasteiger partial charge in [0.1, 0.15) is 146 Å². The molecule has 10 rings (SSSR count). The summed E-state index contributed by atoms with van der Waals surface area (Å²) in [6, 6.07) is 0. The van der Waals surface area contributed by atoms with E-state index in [1.54, 1.807) is 0 Å². The van der Waals surface area contributed by atoms with Crippen LogP contribution in [0, 0.1) is 45.3 Å². The number of aliphatic hydroxyl groups is 22. The zero-order chi connectivity index (χ0) is 73.5. The highest BCUT2D eigenvalue weighted by Crippen LogP contribution is 2.75. The predicted molar refractivity (Wildman–Crippen MR) is 333 cm³/mol. The molecule has 2 unspecified atom stereocenters. The molecule has 580 valence electrons. The third kappa shape index (κ3) is 14.9. The van der Waals surface area contributed by atoms with Crippen molar-refractivity contribution in [2.45, 2.75) is 315 Å². The maximum Gasteiger partial charge on any atom is 0.187 e. The summed E-state index contributed by atoms with van der Waals surface area (Å²) < 4.78 is 70.9. The Morgan fingerprint density at radius 1 is 0.460 bits per heavy atom. The lowest BCUT2D eigenvalue weighted by Crippen LogP contribution is -2.65. The molecule has 10 aliphatic rings. The second kappa shape index (κ2) is 31.5. The van der Waals surface area contributed by atoms with E-state index in [2.05, 4.69) is 33.8 Å². The Kier molecular flexibility index (Phi) is 25.5. The van der Waals surface area contributed by atoms with E-state index in [1.807, 2.05) is 13.8 Å². The van der Waals surface area contributed by atoms with Gasteiger partial charge in [-0.05, 0) is 99.7 Å². The Morgan fingerprint density at radius 2 is 0.850 bits per heavy atom. The van der Waals surface area contributed by atoms with E-state index in [4.69, 9.17) is 56.8 Å².